The maximum absolute atomic E-state index is 12.8. The van der Waals surface area contributed by atoms with Gasteiger partial charge in [-0.05, 0) is 43.3 Å². The van der Waals surface area contributed by atoms with Gasteiger partial charge in [-0.25, -0.2) is 0 Å². The summed E-state index contributed by atoms with van der Waals surface area (Å²) in [5, 5.41) is 3.44. The number of hydrazone groups is 1. The van der Waals surface area contributed by atoms with Crippen molar-refractivity contribution >= 4 is 29.6 Å². The predicted octanol–water partition coefficient (Wildman–Crippen LogP) is 3.66. The van der Waals surface area contributed by atoms with Crippen molar-refractivity contribution in [3.05, 3.63) is 106 Å². The number of hydrogen-bond donors (Lipinski definition) is 2. The van der Waals surface area contributed by atoms with Gasteiger partial charge in [0.2, 0.25) is 12.3 Å². The summed E-state index contributed by atoms with van der Waals surface area (Å²) in [5.74, 6) is -0.597. The van der Waals surface area contributed by atoms with Crippen LogP contribution in [-0.4, -0.2) is 28.8 Å². The maximum Gasteiger partial charge on any atom is 0.304 e. The summed E-state index contributed by atoms with van der Waals surface area (Å²) in [4.78, 5) is 25.6. The first-order valence-electron chi connectivity index (χ1n) is 9.63. The first-order valence-corrected chi connectivity index (χ1v) is 10.0. The Morgan fingerprint density at radius 1 is 1.00 bits per heavy atom. The molecule has 1 heterocycles. The van der Waals surface area contributed by atoms with E-state index in [-0.39, 0.29) is 11.8 Å². The fourth-order valence-electron chi connectivity index (χ4n) is 3.47. The van der Waals surface area contributed by atoms with Gasteiger partial charge < -0.3 is 5.32 Å². The summed E-state index contributed by atoms with van der Waals surface area (Å²) >= 11 is 5.92. The van der Waals surface area contributed by atoms with Gasteiger partial charge in [0.05, 0.1) is 0 Å². The third-order valence-corrected chi connectivity index (χ3v) is 5.29. The molecule has 2 amide bonds. The topological polar surface area (TPSA) is 61.2 Å². The monoisotopic (exact) mass is 418 g/mol. The molecule has 0 aromatic heterocycles. The fraction of sp³-hybridized carbons (Fsp3) is 0.125. The van der Waals surface area contributed by atoms with E-state index in [4.69, 9.17) is 11.6 Å². The summed E-state index contributed by atoms with van der Waals surface area (Å²) in [6.45, 7) is 2.01. The Hall–Kier alpha value is -3.44. The van der Waals surface area contributed by atoms with Gasteiger partial charge in [0.25, 0.3) is 5.91 Å². The number of halogens is 1. The van der Waals surface area contributed by atoms with Crippen LogP contribution in [0.15, 0.2) is 78.9 Å². The number of nitrogens with zero attached hydrogens (tertiary/aromatic N) is 1. The summed E-state index contributed by atoms with van der Waals surface area (Å²) in [6.07, 6.45) is 1.87. The van der Waals surface area contributed by atoms with Crippen molar-refractivity contribution in [3.8, 4) is 0 Å². The number of amides is 2. The predicted molar refractivity (Wildman–Crippen MR) is 117 cm³/mol. The molecule has 0 unspecified atom stereocenters. The molecule has 0 radical (unpaired) electrons. The van der Waals surface area contributed by atoms with Crippen LogP contribution in [0.1, 0.15) is 33.1 Å². The van der Waals surface area contributed by atoms with Crippen molar-refractivity contribution in [2.24, 2.45) is 0 Å². The van der Waals surface area contributed by atoms with Gasteiger partial charge in [-0.3, -0.25) is 9.59 Å². The van der Waals surface area contributed by atoms with Crippen LogP contribution in [-0.2, 0) is 4.79 Å². The minimum atomic E-state index is -0.754. The smallest absolute Gasteiger partial charge is 0.304 e. The Balaban J connectivity index is 1.69. The average Bonchev–Trinajstić information content (AvgIpc) is 3.04. The molecule has 150 valence electrons. The second-order valence-electron chi connectivity index (χ2n) is 7.24. The quantitative estimate of drug-likeness (QED) is 0.635. The van der Waals surface area contributed by atoms with Crippen molar-refractivity contribution in [1.29, 1.82) is 0 Å². The zero-order valence-corrected chi connectivity index (χ0v) is 17.1. The molecular formula is C24H21ClN3O2+. The normalized spacial score (nSPS) is 19.5. The first-order chi connectivity index (χ1) is 14.5. The maximum atomic E-state index is 12.8. The second-order valence-corrected chi connectivity index (χ2v) is 7.67. The highest BCUT2D eigenvalue weighted by Gasteiger charge is 2.47. The Morgan fingerprint density at radius 3 is 2.33 bits per heavy atom. The van der Waals surface area contributed by atoms with Gasteiger partial charge in [0.15, 0.2) is 6.04 Å². The summed E-state index contributed by atoms with van der Waals surface area (Å²) in [7, 11) is 0. The van der Waals surface area contributed by atoms with Crippen molar-refractivity contribution in [3.63, 3.8) is 0 Å². The first kappa shape index (κ1) is 19.9. The van der Waals surface area contributed by atoms with Crippen LogP contribution >= 0.6 is 11.6 Å². The van der Waals surface area contributed by atoms with E-state index in [9.17, 15) is 9.59 Å². The van der Waals surface area contributed by atoms with Crippen LogP contribution in [0.5, 0.6) is 0 Å². The minimum Gasteiger partial charge on any atom is -0.334 e. The van der Waals surface area contributed by atoms with E-state index in [0.717, 1.165) is 16.7 Å². The van der Waals surface area contributed by atoms with E-state index < -0.39 is 12.1 Å². The van der Waals surface area contributed by atoms with Gasteiger partial charge in [0.1, 0.15) is 0 Å². The van der Waals surface area contributed by atoms with Crippen LogP contribution < -0.4 is 10.7 Å². The van der Waals surface area contributed by atoms with E-state index in [1.807, 2.05) is 67.7 Å². The second kappa shape index (κ2) is 8.51. The highest BCUT2D eigenvalue weighted by atomic mass is 35.5. The molecule has 0 aliphatic carbocycles. The lowest BCUT2D eigenvalue weighted by atomic mass is 9.98. The molecule has 0 bridgehead atoms. The minimum absolute atomic E-state index is 0.268. The number of nitrogens with one attached hydrogen (secondary N) is 2. The summed E-state index contributed by atoms with van der Waals surface area (Å²) in [6, 6.07) is 23.1. The molecule has 2 atom stereocenters. The molecule has 1 saturated heterocycles. The molecule has 2 N–H and O–H groups in total. The lowest BCUT2D eigenvalue weighted by Gasteiger charge is -2.15. The van der Waals surface area contributed by atoms with Crippen LogP contribution in [0.4, 0.5) is 0 Å². The molecule has 0 saturated carbocycles. The lowest BCUT2D eigenvalue weighted by Crippen LogP contribution is -2.42. The molecule has 30 heavy (non-hydrogen) atoms. The Morgan fingerprint density at radius 2 is 1.67 bits per heavy atom. The molecule has 1 aliphatic rings. The van der Waals surface area contributed by atoms with Gasteiger partial charge in [0, 0.05) is 21.7 Å². The number of rotatable bonds is 4. The van der Waals surface area contributed by atoms with Crippen molar-refractivity contribution < 1.29 is 14.3 Å². The number of benzene rings is 3. The van der Waals surface area contributed by atoms with E-state index >= 15 is 0 Å². The highest BCUT2D eigenvalue weighted by molar-refractivity contribution is 6.30. The van der Waals surface area contributed by atoms with Crippen LogP contribution in [0.3, 0.4) is 0 Å². The van der Waals surface area contributed by atoms with E-state index in [2.05, 4.69) is 10.7 Å². The number of carbonyl (C=O) groups is 2. The molecule has 0 spiro atoms. The third kappa shape index (κ3) is 4.26. The van der Waals surface area contributed by atoms with Crippen molar-refractivity contribution in [1.82, 2.24) is 10.7 Å². The summed E-state index contributed by atoms with van der Waals surface area (Å²) < 4.78 is 1.76. The van der Waals surface area contributed by atoms with E-state index in [1.165, 1.54) is 0 Å². The van der Waals surface area contributed by atoms with Crippen LogP contribution in [0.25, 0.3) is 0 Å². The van der Waals surface area contributed by atoms with E-state index in [0.29, 0.717) is 10.6 Å². The van der Waals surface area contributed by atoms with E-state index in [1.54, 1.807) is 28.9 Å². The largest absolute Gasteiger partial charge is 0.334 e. The molecule has 5 nitrogen and oxygen atoms in total. The number of hydrazine groups is 1. The molecule has 6 heteroatoms. The zero-order valence-electron chi connectivity index (χ0n) is 16.4. The molecule has 3 aromatic rings. The number of aryl methyl sites for hydroxylation is 1. The number of hydrogen-bond acceptors (Lipinski definition) is 2. The van der Waals surface area contributed by atoms with Crippen molar-refractivity contribution in [2.75, 3.05) is 0 Å². The fourth-order valence-corrected chi connectivity index (χ4v) is 3.60. The third-order valence-electron chi connectivity index (χ3n) is 5.04. The van der Waals surface area contributed by atoms with Gasteiger partial charge in [-0.15, -0.1) is 10.1 Å². The lowest BCUT2D eigenvalue weighted by molar-refractivity contribution is -0.596. The van der Waals surface area contributed by atoms with Crippen molar-refractivity contribution in [2.45, 2.75) is 19.0 Å². The van der Waals surface area contributed by atoms with Crippen LogP contribution in [0.2, 0.25) is 5.02 Å². The molecule has 1 fully saturated rings. The molecule has 3 aromatic carbocycles. The zero-order chi connectivity index (χ0) is 21.1. The molecule has 1 aliphatic heterocycles. The average molecular weight is 419 g/mol. The summed E-state index contributed by atoms with van der Waals surface area (Å²) in [5.41, 5.74) is 6.32. The Labute approximate surface area is 180 Å². The number of carbonyl (C=O) groups excluding carboxylic acids is 2. The van der Waals surface area contributed by atoms with Gasteiger partial charge >= 0.3 is 5.91 Å². The van der Waals surface area contributed by atoms with Crippen LogP contribution in [0, 0.1) is 6.92 Å². The standard InChI is InChI=1S/C24H20ClN3O2/c1-16-7-9-18(10-8-16)22-21(26-23(29)19-11-13-20(25)14-12-19)24(30)27-28(22)15-17-5-3-2-4-6-17/h2-15,21-22H,1H3,(H-,26,27,29,30)/p+1/b28-15-/t21-,22-/m1/s1. The Kier molecular flexibility index (Phi) is 5.63. The SMILES string of the molecule is Cc1ccc([C@@H]2[C@@H](NC(=O)c3ccc(Cl)cc3)C(=O)N/[N+]2=C\c2ccccc2)cc1. The molecule has 4 rings (SSSR count). The van der Waals surface area contributed by atoms with Gasteiger partial charge in [-0.1, -0.05) is 59.6 Å². The van der Waals surface area contributed by atoms with Gasteiger partial charge in [-0.2, -0.15) is 0 Å². The Bertz CT molecular complexity index is 1090. The molecular weight excluding hydrogens is 398 g/mol. The highest BCUT2D eigenvalue weighted by Crippen LogP contribution is 2.26.